The van der Waals surface area contributed by atoms with Crippen LogP contribution in [0.5, 0.6) is 11.5 Å². The van der Waals surface area contributed by atoms with Crippen LogP contribution in [-0.4, -0.2) is 18.2 Å². The van der Waals surface area contributed by atoms with Gasteiger partial charge in [0.05, 0.1) is 24.8 Å². The second kappa shape index (κ2) is 9.89. The van der Waals surface area contributed by atoms with Crippen LogP contribution in [0.2, 0.25) is 0 Å². The van der Waals surface area contributed by atoms with E-state index >= 15 is 0 Å². The van der Waals surface area contributed by atoms with E-state index in [1.54, 1.807) is 25.5 Å². The number of nitro groups is 1. The Balaban J connectivity index is 1.59. The van der Waals surface area contributed by atoms with Gasteiger partial charge in [-0.05, 0) is 35.9 Å². The highest BCUT2D eigenvalue weighted by Crippen LogP contribution is 2.19. The number of non-ortho nitro benzene ring substituents is 1. The molecule has 29 heavy (non-hydrogen) atoms. The molecule has 0 aromatic heterocycles. The van der Waals surface area contributed by atoms with Gasteiger partial charge in [-0.3, -0.25) is 10.1 Å². The van der Waals surface area contributed by atoms with Crippen molar-refractivity contribution < 1.29 is 14.4 Å². The molecule has 148 valence electrons. The van der Waals surface area contributed by atoms with Gasteiger partial charge in [0, 0.05) is 23.3 Å². The van der Waals surface area contributed by atoms with Crippen molar-refractivity contribution >= 4 is 11.9 Å². The second-order valence-corrected chi connectivity index (χ2v) is 6.15. The van der Waals surface area contributed by atoms with Gasteiger partial charge in [-0.25, -0.2) is 0 Å². The first-order valence-electron chi connectivity index (χ1n) is 9.00. The van der Waals surface area contributed by atoms with Gasteiger partial charge < -0.3 is 14.9 Å². The molecule has 0 spiro atoms. The molecule has 7 nitrogen and oxygen atoms in total. The van der Waals surface area contributed by atoms with Gasteiger partial charge >= 0.3 is 0 Å². The number of rotatable bonds is 9. The van der Waals surface area contributed by atoms with Crippen molar-refractivity contribution in [2.24, 2.45) is 5.10 Å². The Kier molecular flexibility index (Phi) is 6.78. The normalized spacial score (nSPS) is 10.7. The van der Waals surface area contributed by atoms with Crippen LogP contribution in [0.25, 0.3) is 0 Å². The maximum absolute atomic E-state index is 10.7. The number of benzene rings is 3. The molecule has 0 heterocycles. The monoisotopic (exact) mass is 391 g/mol. The van der Waals surface area contributed by atoms with Gasteiger partial charge in [0.15, 0.2) is 0 Å². The Labute approximate surface area is 168 Å². The van der Waals surface area contributed by atoms with Crippen LogP contribution in [-0.2, 0) is 13.2 Å². The summed E-state index contributed by atoms with van der Waals surface area (Å²) in [5.74, 6) is 1.48. The number of nitrogens with zero attached hydrogens (tertiary/aromatic N) is 2. The molecule has 0 aliphatic carbocycles. The fourth-order valence-electron chi connectivity index (χ4n) is 2.69. The zero-order valence-electron chi connectivity index (χ0n) is 15.9. The lowest BCUT2D eigenvalue weighted by Gasteiger charge is -2.09. The standard InChI is InChI=1S/C22H21N3O4/c1-28-21-8-4-2-6-18(21)14-23-24-15-19-7-3-5-9-22(19)29-16-17-10-12-20(13-11-17)25(26)27/h2-13,15,23H,14,16H2,1H3/b24-15+. The first kappa shape index (κ1) is 19.9. The zero-order valence-corrected chi connectivity index (χ0v) is 15.9. The first-order chi connectivity index (χ1) is 14.2. The highest BCUT2D eigenvalue weighted by molar-refractivity contribution is 5.83. The molecule has 0 saturated heterocycles. The van der Waals surface area contributed by atoms with E-state index < -0.39 is 4.92 Å². The molecule has 0 amide bonds. The predicted octanol–water partition coefficient (Wildman–Crippen LogP) is 4.31. The molecule has 0 fully saturated rings. The third-order valence-corrected chi connectivity index (χ3v) is 4.22. The molecule has 0 aliphatic heterocycles. The molecule has 0 aliphatic rings. The van der Waals surface area contributed by atoms with E-state index in [2.05, 4.69) is 10.5 Å². The maximum atomic E-state index is 10.7. The number of hydrogen-bond acceptors (Lipinski definition) is 6. The van der Waals surface area contributed by atoms with E-state index in [0.717, 1.165) is 22.4 Å². The van der Waals surface area contributed by atoms with Crippen LogP contribution < -0.4 is 14.9 Å². The van der Waals surface area contributed by atoms with Gasteiger partial charge in [0.25, 0.3) is 5.69 Å². The van der Waals surface area contributed by atoms with Gasteiger partial charge in [-0.1, -0.05) is 30.3 Å². The van der Waals surface area contributed by atoms with Gasteiger partial charge in [-0.15, -0.1) is 0 Å². The number of hydrogen-bond donors (Lipinski definition) is 1. The number of nitro benzene ring substituents is 1. The van der Waals surface area contributed by atoms with Gasteiger partial charge in [0.2, 0.25) is 0 Å². The molecular formula is C22H21N3O4. The number of nitrogens with one attached hydrogen (secondary N) is 1. The van der Waals surface area contributed by atoms with Crippen LogP contribution in [0.1, 0.15) is 16.7 Å². The minimum Gasteiger partial charge on any atom is -0.496 e. The maximum Gasteiger partial charge on any atom is 0.269 e. The van der Waals surface area contributed by atoms with E-state index in [1.807, 2.05) is 48.5 Å². The lowest BCUT2D eigenvalue weighted by molar-refractivity contribution is -0.384. The number of ether oxygens (including phenoxy) is 2. The highest BCUT2D eigenvalue weighted by atomic mass is 16.6. The summed E-state index contributed by atoms with van der Waals surface area (Å²) in [5, 5.41) is 15.0. The minimum absolute atomic E-state index is 0.0578. The van der Waals surface area contributed by atoms with Crippen LogP contribution >= 0.6 is 0 Å². The molecule has 3 rings (SSSR count). The van der Waals surface area contributed by atoms with Crippen molar-refractivity contribution in [2.45, 2.75) is 13.2 Å². The number of hydrazone groups is 1. The Morgan fingerprint density at radius 3 is 2.41 bits per heavy atom. The smallest absolute Gasteiger partial charge is 0.269 e. The molecule has 0 bridgehead atoms. The van der Waals surface area contributed by atoms with Crippen molar-refractivity contribution in [1.82, 2.24) is 5.43 Å². The van der Waals surface area contributed by atoms with E-state index in [9.17, 15) is 10.1 Å². The number of methoxy groups -OCH3 is 1. The van der Waals surface area contributed by atoms with Crippen molar-refractivity contribution in [3.63, 3.8) is 0 Å². The van der Waals surface area contributed by atoms with Crippen LogP contribution in [0.4, 0.5) is 5.69 Å². The fourth-order valence-corrected chi connectivity index (χ4v) is 2.69. The average molecular weight is 391 g/mol. The molecule has 0 unspecified atom stereocenters. The SMILES string of the molecule is COc1ccccc1CN/N=C/c1ccccc1OCc1ccc([N+](=O)[O-])cc1. The Hall–Kier alpha value is -3.87. The minimum atomic E-state index is -0.422. The zero-order chi connectivity index (χ0) is 20.5. The summed E-state index contributed by atoms with van der Waals surface area (Å²) in [6.45, 7) is 0.837. The molecule has 0 saturated carbocycles. The highest BCUT2D eigenvalue weighted by Gasteiger charge is 2.06. The molecule has 0 atom stereocenters. The van der Waals surface area contributed by atoms with Crippen molar-refractivity contribution in [2.75, 3.05) is 7.11 Å². The molecule has 7 heteroatoms. The van der Waals surface area contributed by atoms with Crippen molar-refractivity contribution in [3.05, 3.63) is 99.6 Å². The topological polar surface area (TPSA) is 86.0 Å². The van der Waals surface area contributed by atoms with E-state index in [1.165, 1.54) is 12.1 Å². The van der Waals surface area contributed by atoms with Crippen LogP contribution in [0.15, 0.2) is 77.9 Å². The summed E-state index contributed by atoms with van der Waals surface area (Å²) in [5.41, 5.74) is 5.75. The van der Waals surface area contributed by atoms with Gasteiger partial charge in [-0.2, -0.15) is 5.10 Å². The Bertz CT molecular complexity index is 987. The molecule has 3 aromatic rings. The summed E-state index contributed by atoms with van der Waals surface area (Å²) >= 11 is 0. The molecule has 0 radical (unpaired) electrons. The quantitative estimate of drug-likeness (QED) is 0.334. The summed E-state index contributed by atoms with van der Waals surface area (Å²) in [7, 11) is 1.64. The molecule has 1 N–H and O–H groups in total. The fraction of sp³-hybridized carbons (Fsp3) is 0.136. The summed E-state index contributed by atoms with van der Waals surface area (Å²) in [6.07, 6.45) is 1.70. The number of para-hydroxylation sites is 2. The van der Waals surface area contributed by atoms with Crippen LogP contribution in [0.3, 0.4) is 0 Å². The lowest BCUT2D eigenvalue weighted by atomic mass is 10.2. The van der Waals surface area contributed by atoms with Crippen LogP contribution in [0, 0.1) is 10.1 Å². The molecular weight excluding hydrogens is 370 g/mol. The average Bonchev–Trinajstić information content (AvgIpc) is 2.76. The van der Waals surface area contributed by atoms with Gasteiger partial charge in [0.1, 0.15) is 18.1 Å². The third-order valence-electron chi connectivity index (χ3n) is 4.22. The second-order valence-electron chi connectivity index (χ2n) is 6.15. The summed E-state index contributed by atoms with van der Waals surface area (Å²) < 4.78 is 11.2. The van der Waals surface area contributed by atoms with E-state index in [4.69, 9.17) is 9.47 Å². The van der Waals surface area contributed by atoms with E-state index in [0.29, 0.717) is 18.9 Å². The Morgan fingerprint density at radius 1 is 1.00 bits per heavy atom. The largest absolute Gasteiger partial charge is 0.496 e. The lowest BCUT2D eigenvalue weighted by Crippen LogP contribution is -2.07. The van der Waals surface area contributed by atoms with Crippen molar-refractivity contribution in [1.29, 1.82) is 0 Å². The van der Waals surface area contributed by atoms with Crippen molar-refractivity contribution in [3.8, 4) is 11.5 Å². The van der Waals surface area contributed by atoms with E-state index in [-0.39, 0.29) is 5.69 Å². The molecule has 3 aromatic carbocycles. The first-order valence-corrected chi connectivity index (χ1v) is 9.00. The summed E-state index contributed by atoms with van der Waals surface area (Å²) in [4.78, 5) is 10.3. The third kappa shape index (κ3) is 5.55. The predicted molar refractivity (Wildman–Crippen MR) is 111 cm³/mol. The Morgan fingerprint density at radius 2 is 1.69 bits per heavy atom. The summed E-state index contributed by atoms with van der Waals surface area (Å²) in [6, 6.07) is 21.6.